The largest absolute Gasteiger partial charge is 0.378 e. The van der Waals surface area contributed by atoms with Crippen LogP contribution < -0.4 is 0 Å². The van der Waals surface area contributed by atoms with E-state index in [-0.39, 0.29) is 5.92 Å². The van der Waals surface area contributed by atoms with E-state index < -0.39 is 0 Å². The second-order valence-electron chi connectivity index (χ2n) is 2.82. The van der Waals surface area contributed by atoms with Gasteiger partial charge in [-0.3, -0.25) is 0 Å². The molecular weight excluding hydrogens is 128 g/mol. The Morgan fingerprint density at radius 1 is 1.70 bits per heavy atom. The lowest BCUT2D eigenvalue weighted by Crippen LogP contribution is -2.25. The summed E-state index contributed by atoms with van der Waals surface area (Å²) >= 11 is 0. The van der Waals surface area contributed by atoms with E-state index in [4.69, 9.17) is 4.74 Å². The monoisotopic (exact) mass is 142 g/mol. The van der Waals surface area contributed by atoms with Crippen LogP contribution in [0.1, 0.15) is 26.2 Å². The maximum atomic E-state index is 10.4. The molecular formula is C8H14O2. The highest BCUT2D eigenvalue weighted by Crippen LogP contribution is 2.19. The molecule has 1 aliphatic heterocycles. The Labute approximate surface area is 61.6 Å². The standard InChI is InChI=1S/C8H14O2/c1-2-8-5-7(6-9)3-4-10-8/h6-8H,2-5H2,1H3/t7-,8+/m0/s1. The van der Waals surface area contributed by atoms with E-state index in [0.29, 0.717) is 6.10 Å². The maximum Gasteiger partial charge on any atom is 0.123 e. The van der Waals surface area contributed by atoms with Gasteiger partial charge in [-0.05, 0) is 19.3 Å². The van der Waals surface area contributed by atoms with Gasteiger partial charge in [-0.1, -0.05) is 6.92 Å². The summed E-state index contributed by atoms with van der Waals surface area (Å²) in [7, 11) is 0. The summed E-state index contributed by atoms with van der Waals surface area (Å²) < 4.78 is 5.40. The highest BCUT2D eigenvalue weighted by Gasteiger charge is 2.19. The smallest absolute Gasteiger partial charge is 0.123 e. The highest BCUT2D eigenvalue weighted by molar-refractivity contribution is 5.53. The molecule has 2 atom stereocenters. The lowest BCUT2D eigenvalue weighted by Gasteiger charge is -2.25. The van der Waals surface area contributed by atoms with Crippen molar-refractivity contribution in [2.24, 2.45) is 5.92 Å². The zero-order valence-corrected chi connectivity index (χ0v) is 6.38. The van der Waals surface area contributed by atoms with Crippen LogP contribution in [0.15, 0.2) is 0 Å². The van der Waals surface area contributed by atoms with Crippen LogP contribution in [0.5, 0.6) is 0 Å². The summed E-state index contributed by atoms with van der Waals surface area (Å²) in [5, 5.41) is 0. The van der Waals surface area contributed by atoms with Gasteiger partial charge in [0.05, 0.1) is 6.10 Å². The molecule has 0 aromatic rings. The molecule has 1 saturated heterocycles. The number of hydrogen-bond donors (Lipinski definition) is 0. The molecule has 10 heavy (non-hydrogen) atoms. The van der Waals surface area contributed by atoms with E-state index >= 15 is 0 Å². The summed E-state index contributed by atoms with van der Waals surface area (Å²) in [4.78, 5) is 10.4. The zero-order valence-electron chi connectivity index (χ0n) is 6.38. The fourth-order valence-corrected chi connectivity index (χ4v) is 1.32. The Kier molecular flexibility index (Phi) is 2.87. The van der Waals surface area contributed by atoms with Crippen LogP contribution >= 0.6 is 0 Å². The van der Waals surface area contributed by atoms with Gasteiger partial charge in [0.25, 0.3) is 0 Å². The van der Waals surface area contributed by atoms with Gasteiger partial charge in [-0.2, -0.15) is 0 Å². The zero-order chi connectivity index (χ0) is 7.40. The fourth-order valence-electron chi connectivity index (χ4n) is 1.32. The Balaban J connectivity index is 2.31. The van der Waals surface area contributed by atoms with Gasteiger partial charge >= 0.3 is 0 Å². The minimum absolute atomic E-state index is 0.263. The van der Waals surface area contributed by atoms with Crippen LogP contribution in [0.2, 0.25) is 0 Å². The number of carbonyl (C=O) groups is 1. The van der Waals surface area contributed by atoms with Crippen molar-refractivity contribution in [1.82, 2.24) is 0 Å². The first-order valence-corrected chi connectivity index (χ1v) is 3.93. The molecule has 0 radical (unpaired) electrons. The van der Waals surface area contributed by atoms with Crippen LogP contribution in [0, 0.1) is 5.92 Å². The number of aldehydes is 1. The van der Waals surface area contributed by atoms with E-state index in [0.717, 1.165) is 32.2 Å². The van der Waals surface area contributed by atoms with Gasteiger partial charge in [-0.25, -0.2) is 0 Å². The van der Waals surface area contributed by atoms with Gasteiger partial charge in [-0.15, -0.1) is 0 Å². The molecule has 2 nitrogen and oxygen atoms in total. The Morgan fingerprint density at radius 3 is 3.10 bits per heavy atom. The average Bonchev–Trinajstić information content (AvgIpc) is 2.05. The normalized spacial score (nSPS) is 33.7. The topological polar surface area (TPSA) is 26.3 Å². The van der Waals surface area contributed by atoms with E-state index in [1.54, 1.807) is 0 Å². The lowest BCUT2D eigenvalue weighted by molar-refractivity contribution is -0.115. The quantitative estimate of drug-likeness (QED) is 0.544. The van der Waals surface area contributed by atoms with Crippen molar-refractivity contribution in [3.05, 3.63) is 0 Å². The second-order valence-corrected chi connectivity index (χ2v) is 2.82. The predicted octanol–water partition coefficient (Wildman–Crippen LogP) is 1.39. The molecule has 0 aliphatic carbocycles. The molecule has 0 N–H and O–H groups in total. The number of rotatable bonds is 2. The Morgan fingerprint density at radius 2 is 2.50 bits per heavy atom. The molecule has 58 valence electrons. The molecule has 1 heterocycles. The maximum absolute atomic E-state index is 10.4. The first-order valence-electron chi connectivity index (χ1n) is 3.93. The Hall–Kier alpha value is -0.370. The molecule has 2 heteroatoms. The summed E-state index contributed by atoms with van der Waals surface area (Å²) in [5.74, 6) is 0.263. The van der Waals surface area contributed by atoms with Crippen molar-refractivity contribution < 1.29 is 9.53 Å². The molecule has 1 aliphatic rings. The molecule has 1 fully saturated rings. The molecule has 0 aromatic heterocycles. The van der Waals surface area contributed by atoms with Crippen LogP contribution in [0.3, 0.4) is 0 Å². The van der Waals surface area contributed by atoms with Crippen molar-refractivity contribution in [2.75, 3.05) is 6.61 Å². The van der Waals surface area contributed by atoms with Crippen LogP contribution in [0.4, 0.5) is 0 Å². The summed E-state index contributed by atoms with van der Waals surface area (Å²) in [6, 6.07) is 0. The fraction of sp³-hybridized carbons (Fsp3) is 0.875. The predicted molar refractivity (Wildman–Crippen MR) is 38.8 cm³/mol. The van der Waals surface area contributed by atoms with Crippen LogP contribution in [0.25, 0.3) is 0 Å². The van der Waals surface area contributed by atoms with Crippen molar-refractivity contribution in [3.63, 3.8) is 0 Å². The first-order chi connectivity index (χ1) is 4.86. The molecule has 1 rings (SSSR count). The SMILES string of the molecule is CC[C@@H]1C[C@@H](C=O)CCO1. The third-order valence-corrected chi connectivity index (χ3v) is 2.06. The van der Waals surface area contributed by atoms with Crippen LogP contribution in [-0.4, -0.2) is 19.0 Å². The van der Waals surface area contributed by atoms with Crippen LogP contribution in [-0.2, 0) is 9.53 Å². The minimum atomic E-state index is 0.263. The first kappa shape index (κ1) is 7.73. The third-order valence-electron chi connectivity index (χ3n) is 2.06. The summed E-state index contributed by atoms with van der Waals surface area (Å²) in [6.07, 6.45) is 4.28. The van der Waals surface area contributed by atoms with E-state index in [1.807, 2.05) is 0 Å². The summed E-state index contributed by atoms with van der Waals surface area (Å²) in [5.41, 5.74) is 0. The number of ether oxygens (including phenoxy) is 1. The van der Waals surface area contributed by atoms with Crippen molar-refractivity contribution in [2.45, 2.75) is 32.3 Å². The minimum Gasteiger partial charge on any atom is -0.378 e. The number of hydrogen-bond acceptors (Lipinski definition) is 2. The second kappa shape index (κ2) is 3.71. The van der Waals surface area contributed by atoms with E-state index in [1.165, 1.54) is 0 Å². The molecule has 0 spiro atoms. The van der Waals surface area contributed by atoms with E-state index in [9.17, 15) is 4.79 Å². The van der Waals surface area contributed by atoms with Crippen molar-refractivity contribution in [1.29, 1.82) is 0 Å². The third kappa shape index (κ3) is 1.81. The highest BCUT2D eigenvalue weighted by atomic mass is 16.5. The average molecular weight is 142 g/mol. The molecule has 0 bridgehead atoms. The molecule has 0 unspecified atom stereocenters. The number of carbonyl (C=O) groups excluding carboxylic acids is 1. The van der Waals surface area contributed by atoms with Gasteiger partial charge in [0.15, 0.2) is 0 Å². The lowest BCUT2D eigenvalue weighted by atomic mass is 9.96. The molecule has 0 aromatic carbocycles. The van der Waals surface area contributed by atoms with Crippen molar-refractivity contribution in [3.8, 4) is 0 Å². The van der Waals surface area contributed by atoms with Gasteiger partial charge in [0, 0.05) is 12.5 Å². The van der Waals surface area contributed by atoms with Gasteiger partial charge in [0.2, 0.25) is 0 Å². The Bertz CT molecular complexity index is 112. The van der Waals surface area contributed by atoms with Gasteiger partial charge in [0.1, 0.15) is 6.29 Å². The summed E-state index contributed by atoms with van der Waals surface area (Å²) in [6.45, 7) is 2.86. The van der Waals surface area contributed by atoms with Gasteiger partial charge < -0.3 is 9.53 Å². The van der Waals surface area contributed by atoms with Crippen molar-refractivity contribution >= 4 is 6.29 Å². The molecule has 0 saturated carbocycles. The van der Waals surface area contributed by atoms with E-state index in [2.05, 4.69) is 6.92 Å². The molecule has 0 amide bonds.